The summed E-state index contributed by atoms with van der Waals surface area (Å²) >= 11 is 0. The lowest BCUT2D eigenvalue weighted by molar-refractivity contribution is 0.171. The molecule has 0 spiro atoms. The topological polar surface area (TPSA) is 59.1 Å². The maximum absolute atomic E-state index is 13.0. The van der Waals surface area contributed by atoms with Crippen molar-refractivity contribution < 1.29 is 17.9 Å². The molecule has 0 N–H and O–H groups in total. The number of hydrogen-bond acceptors (Lipinski definition) is 5. The van der Waals surface area contributed by atoms with Crippen LogP contribution in [0.2, 0.25) is 0 Å². The summed E-state index contributed by atoms with van der Waals surface area (Å²) in [5, 5.41) is 0. The number of anilines is 1. The van der Waals surface area contributed by atoms with E-state index in [0.717, 1.165) is 5.69 Å². The molecule has 2 aliphatic heterocycles. The van der Waals surface area contributed by atoms with Gasteiger partial charge in [0.1, 0.15) is 13.2 Å². The zero-order valence-corrected chi connectivity index (χ0v) is 16.5. The quantitative estimate of drug-likeness (QED) is 0.809. The van der Waals surface area contributed by atoms with Crippen LogP contribution in [0.15, 0.2) is 41.3 Å². The van der Waals surface area contributed by atoms with Crippen molar-refractivity contribution in [3.05, 3.63) is 47.5 Å². The van der Waals surface area contributed by atoms with Crippen LogP contribution in [-0.4, -0.2) is 52.1 Å². The fourth-order valence-corrected chi connectivity index (χ4v) is 5.09. The van der Waals surface area contributed by atoms with Gasteiger partial charge in [0.2, 0.25) is 10.0 Å². The van der Waals surface area contributed by atoms with E-state index < -0.39 is 10.0 Å². The van der Waals surface area contributed by atoms with Crippen molar-refractivity contribution >= 4 is 15.7 Å². The second-order valence-electron chi connectivity index (χ2n) is 7.04. The number of ether oxygens (including phenoxy) is 2. The minimum atomic E-state index is -3.55. The number of fused-ring (bicyclic) bond motifs is 1. The Hall–Kier alpha value is -2.25. The molecule has 2 heterocycles. The van der Waals surface area contributed by atoms with Gasteiger partial charge in [-0.25, -0.2) is 8.42 Å². The molecule has 0 radical (unpaired) electrons. The van der Waals surface area contributed by atoms with Crippen LogP contribution in [-0.2, 0) is 10.0 Å². The molecule has 0 unspecified atom stereocenters. The Balaban J connectivity index is 1.50. The molecule has 0 amide bonds. The maximum atomic E-state index is 13.0. The van der Waals surface area contributed by atoms with Gasteiger partial charge in [0.05, 0.1) is 4.90 Å². The molecule has 0 aromatic heterocycles. The first kappa shape index (κ1) is 18.1. The average Bonchev–Trinajstić information content (AvgIpc) is 2.67. The van der Waals surface area contributed by atoms with Crippen LogP contribution < -0.4 is 14.4 Å². The molecule has 6 nitrogen and oxygen atoms in total. The van der Waals surface area contributed by atoms with Crippen molar-refractivity contribution in [3.63, 3.8) is 0 Å². The molecule has 27 heavy (non-hydrogen) atoms. The fraction of sp³-hybridized carbons (Fsp3) is 0.400. The van der Waals surface area contributed by atoms with Crippen LogP contribution in [0.3, 0.4) is 0 Å². The number of rotatable bonds is 3. The molecule has 0 bridgehead atoms. The largest absolute Gasteiger partial charge is 0.486 e. The Morgan fingerprint density at radius 3 is 2.11 bits per heavy atom. The number of nitrogens with zero attached hydrogens (tertiary/aromatic N) is 2. The smallest absolute Gasteiger partial charge is 0.243 e. The molecule has 0 atom stereocenters. The molecule has 2 aliphatic rings. The number of sulfonamides is 1. The monoisotopic (exact) mass is 388 g/mol. The predicted octanol–water partition coefficient (Wildman–Crippen LogP) is 2.59. The Bertz CT molecular complexity index is 930. The lowest BCUT2D eigenvalue weighted by atomic mass is 10.1. The second kappa shape index (κ2) is 7.05. The van der Waals surface area contributed by atoms with Gasteiger partial charge in [-0.1, -0.05) is 6.07 Å². The highest BCUT2D eigenvalue weighted by Crippen LogP contribution is 2.33. The molecule has 7 heteroatoms. The summed E-state index contributed by atoms with van der Waals surface area (Å²) in [7, 11) is -3.55. The highest BCUT2D eigenvalue weighted by Gasteiger charge is 2.30. The number of aryl methyl sites for hydroxylation is 2. The highest BCUT2D eigenvalue weighted by atomic mass is 32.2. The fourth-order valence-electron chi connectivity index (χ4n) is 3.65. The van der Waals surface area contributed by atoms with Gasteiger partial charge in [0.15, 0.2) is 11.5 Å². The molecule has 2 aromatic rings. The average molecular weight is 388 g/mol. The molecule has 1 saturated heterocycles. The molecular weight excluding hydrogens is 364 g/mol. The van der Waals surface area contributed by atoms with Gasteiger partial charge < -0.3 is 14.4 Å². The predicted molar refractivity (Wildman–Crippen MR) is 104 cm³/mol. The molecular formula is C20H24N2O4S. The van der Waals surface area contributed by atoms with Gasteiger partial charge in [0, 0.05) is 37.9 Å². The van der Waals surface area contributed by atoms with E-state index >= 15 is 0 Å². The normalized spacial score (nSPS) is 17.8. The molecule has 144 valence electrons. The number of hydrogen-bond donors (Lipinski definition) is 0. The molecule has 0 saturated carbocycles. The van der Waals surface area contributed by atoms with Gasteiger partial charge in [0.25, 0.3) is 0 Å². The van der Waals surface area contributed by atoms with Crippen molar-refractivity contribution in [2.75, 3.05) is 44.3 Å². The maximum Gasteiger partial charge on any atom is 0.243 e. The van der Waals surface area contributed by atoms with Crippen LogP contribution in [0.25, 0.3) is 0 Å². The van der Waals surface area contributed by atoms with E-state index in [4.69, 9.17) is 9.47 Å². The summed E-state index contributed by atoms with van der Waals surface area (Å²) in [6.45, 7) is 7.36. The second-order valence-corrected chi connectivity index (χ2v) is 8.98. The summed E-state index contributed by atoms with van der Waals surface area (Å²) in [6.07, 6.45) is 0. The first-order valence-corrected chi connectivity index (χ1v) is 10.6. The third-order valence-electron chi connectivity index (χ3n) is 4.96. The Labute approximate surface area is 160 Å². The van der Waals surface area contributed by atoms with Crippen LogP contribution in [0.1, 0.15) is 11.1 Å². The Morgan fingerprint density at radius 1 is 0.815 bits per heavy atom. The minimum Gasteiger partial charge on any atom is -0.486 e. The minimum absolute atomic E-state index is 0.256. The first-order chi connectivity index (χ1) is 12.9. The summed E-state index contributed by atoms with van der Waals surface area (Å²) in [4.78, 5) is 2.50. The third kappa shape index (κ3) is 3.61. The van der Waals surface area contributed by atoms with E-state index in [1.54, 1.807) is 22.5 Å². The zero-order chi connectivity index (χ0) is 19.0. The summed E-state index contributed by atoms with van der Waals surface area (Å²) in [5.41, 5.74) is 3.59. The lowest BCUT2D eigenvalue weighted by Gasteiger charge is -2.35. The summed E-state index contributed by atoms with van der Waals surface area (Å²) in [6, 6.07) is 11.3. The van der Waals surface area contributed by atoms with Crippen molar-refractivity contribution in [1.82, 2.24) is 4.31 Å². The Kier molecular flexibility index (Phi) is 4.74. The van der Waals surface area contributed by atoms with Gasteiger partial charge in [-0.05, 0) is 49.2 Å². The van der Waals surface area contributed by atoms with E-state index in [1.807, 2.05) is 0 Å². The Morgan fingerprint density at radius 2 is 1.44 bits per heavy atom. The highest BCUT2D eigenvalue weighted by molar-refractivity contribution is 7.89. The number of piperazine rings is 1. The zero-order valence-electron chi connectivity index (χ0n) is 15.6. The standard InChI is InChI=1S/C20H24N2O4S/c1-15-11-16(2)13-17(12-15)21-5-7-22(8-6-21)27(23,24)18-3-4-19-20(14-18)26-10-9-25-19/h3-4,11-14H,5-10H2,1-2H3. The van der Waals surface area contributed by atoms with Crippen molar-refractivity contribution in [2.45, 2.75) is 18.7 Å². The molecule has 2 aromatic carbocycles. The van der Waals surface area contributed by atoms with E-state index in [2.05, 4.69) is 36.9 Å². The van der Waals surface area contributed by atoms with E-state index in [-0.39, 0.29) is 4.90 Å². The van der Waals surface area contributed by atoms with Gasteiger partial charge in [-0.15, -0.1) is 0 Å². The summed E-state index contributed by atoms with van der Waals surface area (Å²) < 4.78 is 38.6. The molecule has 0 aliphatic carbocycles. The molecule has 1 fully saturated rings. The summed E-state index contributed by atoms with van der Waals surface area (Å²) in [5.74, 6) is 1.09. The van der Waals surface area contributed by atoms with Crippen LogP contribution >= 0.6 is 0 Å². The first-order valence-electron chi connectivity index (χ1n) is 9.16. The van der Waals surface area contributed by atoms with E-state index in [1.165, 1.54) is 11.1 Å². The van der Waals surface area contributed by atoms with Crippen LogP contribution in [0.5, 0.6) is 11.5 Å². The van der Waals surface area contributed by atoms with Crippen molar-refractivity contribution in [2.24, 2.45) is 0 Å². The third-order valence-corrected chi connectivity index (χ3v) is 6.86. The lowest BCUT2D eigenvalue weighted by Crippen LogP contribution is -2.48. The van der Waals surface area contributed by atoms with Crippen LogP contribution in [0.4, 0.5) is 5.69 Å². The SMILES string of the molecule is Cc1cc(C)cc(N2CCN(S(=O)(=O)c3ccc4c(c3)OCCO4)CC2)c1. The molecule has 4 rings (SSSR count). The van der Waals surface area contributed by atoms with Gasteiger partial charge in [-0.2, -0.15) is 4.31 Å². The van der Waals surface area contributed by atoms with E-state index in [0.29, 0.717) is 50.9 Å². The number of benzene rings is 2. The van der Waals surface area contributed by atoms with Gasteiger partial charge in [-0.3, -0.25) is 0 Å². The van der Waals surface area contributed by atoms with Crippen molar-refractivity contribution in [3.8, 4) is 11.5 Å². The van der Waals surface area contributed by atoms with Crippen molar-refractivity contribution in [1.29, 1.82) is 0 Å². The van der Waals surface area contributed by atoms with Gasteiger partial charge >= 0.3 is 0 Å². The van der Waals surface area contributed by atoms with Crippen LogP contribution in [0, 0.1) is 13.8 Å². The van der Waals surface area contributed by atoms with E-state index in [9.17, 15) is 8.42 Å².